The maximum absolute atomic E-state index is 12.1. The van der Waals surface area contributed by atoms with Crippen molar-refractivity contribution in [2.75, 3.05) is 11.9 Å². The van der Waals surface area contributed by atoms with Crippen LogP contribution >= 0.6 is 22.9 Å². The number of nitrogens with one attached hydrogen (secondary N) is 2. The predicted molar refractivity (Wildman–Crippen MR) is 109 cm³/mol. The highest BCUT2D eigenvalue weighted by molar-refractivity contribution is 7.15. The van der Waals surface area contributed by atoms with E-state index < -0.39 is 0 Å². The second kappa shape index (κ2) is 8.79. The van der Waals surface area contributed by atoms with Crippen molar-refractivity contribution in [2.45, 2.75) is 13.3 Å². The number of hydrogen-bond acceptors (Lipinski definition) is 4. The summed E-state index contributed by atoms with van der Waals surface area (Å²) in [5.41, 5.74) is 2.64. The molecule has 2 N–H and O–H groups in total. The molecule has 0 aliphatic heterocycles. The lowest BCUT2D eigenvalue weighted by Gasteiger charge is -2.05. The molecule has 0 saturated carbocycles. The zero-order valence-electron chi connectivity index (χ0n) is 14.7. The minimum atomic E-state index is -0.316. The Morgan fingerprint density at radius 2 is 1.93 bits per heavy atom. The van der Waals surface area contributed by atoms with Gasteiger partial charge in [-0.1, -0.05) is 41.4 Å². The molecule has 3 aromatic rings. The lowest BCUT2D eigenvalue weighted by molar-refractivity contribution is -0.115. The second-order valence-electron chi connectivity index (χ2n) is 6.04. The molecule has 3 rings (SSSR count). The van der Waals surface area contributed by atoms with Gasteiger partial charge in [-0.25, -0.2) is 4.98 Å². The van der Waals surface area contributed by atoms with Gasteiger partial charge in [0, 0.05) is 28.1 Å². The van der Waals surface area contributed by atoms with E-state index in [0.29, 0.717) is 15.7 Å². The third kappa shape index (κ3) is 5.64. The van der Waals surface area contributed by atoms with Gasteiger partial charge in [0.05, 0.1) is 6.54 Å². The lowest BCUT2D eigenvalue weighted by atomic mass is 10.1. The third-order valence-electron chi connectivity index (χ3n) is 3.78. The monoisotopic (exact) mass is 399 g/mol. The maximum atomic E-state index is 12.1. The molecule has 2 amide bonds. The molecule has 0 bridgehead atoms. The van der Waals surface area contributed by atoms with E-state index in [0.717, 1.165) is 22.4 Å². The van der Waals surface area contributed by atoms with Crippen molar-refractivity contribution in [1.29, 1.82) is 0 Å². The van der Waals surface area contributed by atoms with Gasteiger partial charge in [0.1, 0.15) is 0 Å². The van der Waals surface area contributed by atoms with Gasteiger partial charge in [0.2, 0.25) is 5.91 Å². The van der Waals surface area contributed by atoms with Crippen molar-refractivity contribution in [1.82, 2.24) is 10.3 Å². The Morgan fingerprint density at radius 1 is 1.15 bits per heavy atom. The number of thiazole rings is 1. The molecule has 1 aromatic heterocycles. The zero-order valence-corrected chi connectivity index (χ0v) is 16.2. The molecule has 5 nitrogen and oxygen atoms in total. The van der Waals surface area contributed by atoms with E-state index >= 15 is 0 Å². The van der Waals surface area contributed by atoms with Crippen LogP contribution in [0.4, 0.5) is 5.13 Å². The second-order valence-corrected chi connectivity index (χ2v) is 7.59. The predicted octanol–water partition coefficient (Wildman–Crippen LogP) is 4.06. The minimum Gasteiger partial charge on any atom is -0.343 e. The van der Waals surface area contributed by atoms with E-state index in [4.69, 9.17) is 11.6 Å². The van der Waals surface area contributed by atoms with E-state index in [1.165, 1.54) is 11.3 Å². The molecule has 0 fully saturated rings. The van der Waals surface area contributed by atoms with Crippen LogP contribution in [0.5, 0.6) is 0 Å². The van der Waals surface area contributed by atoms with Crippen molar-refractivity contribution in [3.63, 3.8) is 0 Å². The number of amides is 2. The fraction of sp³-hybridized carbons (Fsp3) is 0.150. The highest BCUT2D eigenvalue weighted by atomic mass is 35.5. The Balaban J connectivity index is 1.50. The minimum absolute atomic E-state index is 0.112. The Morgan fingerprint density at radius 3 is 2.67 bits per heavy atom. The molecule has 27 heavy (non-hydrogen) atoms. The summed E-state index contributed by atoms with van der Waals surface area (Å²) in [7, 11) is 0. The first-order chi connectivity index (χ1) is 13.0. The van der Waals surface area contributed by atoms with Gasteiger partial charge >= 0.3 is 0 Å². The Hall–Kier alpha value is -2.70. The summed E-state index contributed by atoms with van der Waals surface area (Å²) in [4.78, 5) is 29.4. The molecule has 138 valence electrons. The van der Waals surface area contributed by atoms with E-state index in [2.05, 4.69) is 15.6 Å². The number of hydrogen-bond donors (Lipinski definition) is 2. The number of carbonyl (C=O) groups excluding carboxylic acids is 2. The summed E-state index contributed by atoms with van der Waals surface area (Å²) in [5, 5.41) is 6.53. The molecule has 0 unspecified atom stereocenters. The molecule has 1 heterocycles. The van der Waals surface area contributed by atoms with Crippen LogP contribution in [0.3, 0.4) is 0 Å². The van der Waals surface area contributed by atoms with Crippen LogP contribution in [0.2, 0.25) is 5.02 Å². The van der Waals surface area contributed by atoms with Crippen LogP contribution in [-0.4, -0.2) is 23.3 Å². The third-order valence-corrected chi connectivity index (χ3v) is 4.95. The Bertz CT molecular complexity index is 954. The first-order valence-corrected chi connectivity index (χ1v) is 9.53. The van der Waals surface area contributed by atoms with E-state index in [-0.39, 0.29) is 18.4 Å². The highest BCUT2D eigenvalue weighted by Gasteiger charge is 2.10. The molecule has 0 saturated heterocycles. The van der Waals surface area contributed by atoms with Crippen LogP contribution in [-0.2, 0) is 11.2 Å². The van der Waals surface area contributed by atoms with Crippen LogP contribution < -0.4 is 10.6 Å². The molecular weight excluding hydrogens is 382 g/mol. The number of rotatable bonds is 6. The molecular formula is C20H18ClN3O2S. The topological polar surface area (TPSA) is 71.1 Å². The number of carbonyl (C=O) groups is 2. The van der Waals surface area contributed by atoms with Crippen molar-refractivity contribution in [3.8, 4) is 0 Å². The number of aromatic nitrogens is 1. The average molecular weight is 400 g/mol. The zero-order chi connectivity index (χ0) is 19.2. The quantitative estimate of drug-likeness (QED) is 0.656. The number of benzene rings is 2. The van der Waals surface area contributed by atoms with Crippen LogP contribution in [0, 0.1) is 6.92 Å². The fourth-order valence-corrected chi connectivity index (χ4v) is 3.45. The molecule has 2 aromatic carbocycles. The highest BCUT2D eigenvalue weighted by Crippen LogP contribution is 2.21. The van der Waals surface area contributed by atoms with Gasteiger partial charge in [-0.05, 0) is 36.8 Å². The van der Waals surface area contributed by atoms with Gasteiger partial charge in [0.15, 0.2) is 5.13 Å². The van der Waals surface area contributed by atoms with Crippen molar-refractivity contribution in [3.05, 3.63) is 81.3 Å². The lowest BCUT2D eigenvalue weighted by Crippen LogP contribution is -2.32. The van der Waals surface area contributed by atoms with Crippen LogP contribution in [0.15, 0.2) is 54.7 Å². The first-order valence-electron chi connectivity index (χ1n) is 8.33. The van der Waals surface area contributed by atoms with Gasteiger partial charge in [0.25, 0.3) is 5.91 Å². The van der Waals surface area contributed by atoms with Crippen LogP contribution in [0.1, 0.15) is 26.4 Å². The van der Waals surface area contributed by atoms with E-state index in [1.807, 2.05) is 43.3 Å². The SMILES string of the molecule is Cc1cccc(C(=O)NCC(=O)Nc2ncc(Cc3ccc(Cl)cc3)s2)c1. The molecule has 0 aliphatic rings. The summed E-state index contributed by atoms with van der Waals surface area (Å²) in [6.45, 7) is 1.80. The number of halogens is 1. The van der Waals surface area contributed by atoms with Gasteiger partial charge in [-0.15, -0.1) is 11.3 Å². The van der Waals surface area contributed by atoms with Gasteiger partial charge in [-0.3, -0.25) is 9.59 Å². The van der Waals surface area contributed by atoms with Gasteiger partial charge in [-0.2, -0.15) is 0 Å². The smallest absolute Gasteiger partial charge is 0.251 e. The van der Waals surface area contributed by atoms with Crippen molar-refractivity contribution < 1.29 is 9.59 Å². The molecule has 7 heteroatoms. The molecule has 0 atom stereocenters. The summed E-state index contributed by atoms with van der Waals surface area (Å²) in [5.74, 6) is -0.597. The van der Waals surface area contributed by atoms with Crippen LogP contribution in [0.25, 0.3) is 0 Å². The normalized spacial score (nSPS) is 10.4. The molecule has 0 spiro atoms. The number of anilines is 1. The van der Waals surface area contributed by atoms with Crippen molar-refractivity contribution >= 4 is 39.9 Å². The Labute approximate surface area is 166 Å². The Kier molecular flexibility index (Phi) is 6.21. The van der Waals surface area contributed by atoms with Crippen molar-refractivity contribution in [2.24, 2.45) is 0 Å². The van der Waals surface area contributed by atoms with E-state index in [9.17, 15) is 9.59 Å². The maximum Gasteiger partial charge on any atom is 0.251 e. The number of nitrogens with zero attached hydrogens (tertiary/aromatic N) is 1. The summed E-state index contributed by atoms with van der Waals surface area (Å²) >= 11 is 7.29. The first kappa shape index (κ1) is 19.1. The summed E-state index contributed by atoms with van der Waals surface area (Å²) in [6.07, 6.45) is 2.45. The fourth-order valence-electron chi connectivity index (χ4n) is 2.46. The summed E-state index contributed by atoms with van der Waals surface area (Å²) < 4.78 is 0. The summed E-state index contributed by atoms with van der Waals surface area (Å²) in [6, 6.07) is 14.8. The average Bonchev–Trinajstić information content (AvgIpc) is 3.08. The molecule has 0 aliphatic carbocycles. The largest absolute Gasteiger partial charge is 0.343 e. The molecule has 0 radical (unpaired) electrons. The number of aryl methyl sites for hydroxylation is 1. The van der Waals surface area contributed by atoms with Gasteiger partial charge < -0.3 is 10.6 Å². The standard InChI is InChI=1S/C20H18ClN3O2S/c1-13-3-2-4-15(9-13)19(26)22-12-18(25)24-20-23-11-17(27-20)10-14-5-7-16(21)8-6-14/h2-9,11H,10,12H2,1H3,(H,22,26)(H,23,24,25). The van der Waals surface area contributed by atoms with E-state index in [1.54, 1.807) is 18.3 Å².